The van der Waals surface area contributed by atoms with Crippen molar-refractivity contribution in [2.75, 3.05) is 57.4 Å². The van der Waals surface area contributed by atoms with E-state index in [9.17, 15) is 21.6 Å². The van der Waals surface area contributed by atoms with Crippen LogP contribution in [0.3, 0.4) is 0 Å². The van der Waals surface area contributed by atoms with Gasteiger partial charge in [-0.25, -0.2) is 4.98 Å². The molecule has 0 N–H and O–H groups in total. The van der Waals surface area contributed by atoms with E-state index in [0.717, 1.165) is 12.3 Å². The highest BCUT2D eigenvalue weighted by molar-refractivity contribution is 7.86. The van der Waals surface area contributed by atoms with Crippen molar-refractivity contribution in [3.63, 3.8) is 0 Å². The van der Waals surface area contributed by atoms with E-state index in [1.54, 1.807) is 0 Å². The van der Waals surface area contributed by atoms with Crippen LogP contribution in [0.25, 0.3) is 0 Å². The zero-order chi connectivity index (χ0) is 19.2. The summed E-state index contributed by atoms with van der Waals surface area (Å²) in [5.74, 6) is 0.815. The second-order valence-electron chi connectivity index (χ2n) is 7.16. The normalized spacial score (nSPS) is 27.9. The molecule has 2 atom stereocenters. The minimum Gasteiger partial charge on any atom is -0.379 e. The first-order chi connectivity index (χ1) is 12.7. The predicted molar refractivity (Wildman–Crippen MR) is 91.3 cm³/mol. The first kappa shape index (κ1) is 18.9. The van der Waals surface area contributed by atoms with Gasteiger partial charge in [0.2, 0.25) is 0 Å². The summed E-state index contributed by atoms with van der Waals surface area (Å²) in [5.41, 5.74) is -0.770. The highest BCUT2D eigenvalue weighted by Crippen LogP contribution is 2.36. The average Bonchev–Trinajstić information content (AvgIpc) is 3.21. The molecule has 0 aromatic carbocycles. The molecule has 1 aromatic rings. The molecule has 0 radical (unpaired) electrons. The molecule has 0 saturated carbocycles. The standard InChI is InChI=1S/C16H21F3N4O3S/c17-16(18,19)14-1-2-15(20-7-14)21-8-12-10-23(11-13(12)9-21)27(24,25)22-3-5-26-6-4-22/h1-2,7,12-13H,3-6,8-11H2. The second-order valence-corrected chi connectivity index (χ2v) is 9.09. The van der Waals surface area contributed by atoms with Gasteiger partial charge < -0.3 is 9.64 Å². The molecular weight excluding hydrogens is 385 g/mol. The van der Waals surface area contributed by atoms with Crippen LogP contribution < -0.4 is 4.90 Å². The van der Waals surface area contributed by atoms with Crippen LogP contribution in [0.4, 0.5) is 19.0 Å². The Morgan fingerprint density at radius 3 is 2.15 bits per heavy atom. The quantitative estimate of drug-likeness (QED) is 0.751. The van der Waals surface area contributed by atoms with Crippen LogP contribution >= 0.6 is 0 Å². The maximum atomic E-state index is 12.8. The molecule has 7 nitrogen and oxygen atoms in total. The number of morpholine rings is 1. The number of halogens is 3. The third-order valence-electron chi connectivity index (χ3n) is 5.47. The van der Waals surface area contributed by atoms with Crippen LogP contribution in [0.5, 0.6) is 0 Å². The summed E-state index contributed by atoms with van der Waals surface area (Å²) in [6.45, 7) is 3.62. The summed E-state index contributed by atoms with van der Waals surface area (Å²) >= 11 is 0. The number of fused-ring (bicyclic) bond motifs is 1. The zero-order valence-electron chi connectivity index (χ0n) is 14.6. The molecule has 0 amide bonds. The SMILES string of the molecule is O=S(=O)(N1CCOCC1)N1CC2CN(c3ccc(C(F)(F)F)cn3)CC2C1. The summed E-state index contributed by atoms with van der Waals surface area (Å²) in [5, 5.41) is 0. The molecule has 3 fully saturated rings. The van der Waals surface area contributed by atoms with Crippen molar-refractivity contribution in [2.24, 2.45) is 11.8 Å². The van der Waals surface area contributed by atoms with Crippen LogP contribution in [-0.4, -0.2) is 74.5 Å². The maximum Gasteiger partial charge on any atom is 0.417 e. The fraction of sp³-hybridized carbons (Fsp3) is 0.688. The molecule has 3 aliphatic rings. The van der Waals surface area contributed by atoms with Crippen molar-refractivity contribution < 1.29 is 26.3 Å². The molecule has 27 heavy (non-hydrogen) atoms. The van der Waals surface area contributed by atoms with E-state index in [1.165, 1.54) is 14.7 Å². The summed E-state index contributed by atoms with van der Waals surface area (Å²) in [7, 11) is -3.48. The fourth-order valence-corrected chi connectivity index (χ4v) is 5.70. The third-order valence-corrected chi connectivity index (χ3v) is 7.44. The lowest BCUT2D eigenvalue weighted by molar-refractivity contribution is -0.137. The number of pyridine rings is 1. The first-order valence-electron chi connectivity index (χ1n) is 8.86. The van der Waals surface area contributed by atoms with Gasteiger partial charge >= 0.3 is 6.18 Å². The van der Waals surface area contributed by atoms with E-state index < -0.39 is 21.9 Å². The van der Waals surface area contributed by atoms with Gasteiger partial charge in [-0.3, -0.25) is 0 Å². The molecule has 0 bridgehead atoms. The van der Waals surface area contributed by atoms with E-state index in [4.69, 9.17) is 4.74 Å². The summed E-state index contributed by atoms with van der Waals surface area (Å²) in [6.07, 6.45) is -3.56. The van der Waals surface area contributed by atoms with Crippen LogP contribution in [0.15, 0.2) is 18.3 Å². The van der Waals surface area contributed by atoms with Crippen molar-refractivity contribution in [3.05, 3.63) is 23.9 Å². The topological polar surface area (TPSA) is 66.0 Å². The van der Waals surface area contributed by atoms with Gasteiger partial charge in [-0.2, -0.15) is 30.2 Å². The molecule has 3 saturated heterocycles. The Hall–Kier alpha value is -1.43. The molecule has 2 unspecified atom stereocenters. The molecular formula is C16H21F3N4O3S. The molecule has 3 aliphatic heterocycles. The summed E-state index contributed by atoms with van der Waals surface area (Å²) in [6, 6.07) is 2.41. The Balaban J connectivity index is 1.39. The Morgan fingerprint density at radius 2 is 1.63 bits per heavy atom. The number of hydrogen-bond donors (Lipinski definition) is 0. The number of aromatic nitrogens is 1. The van der Waals surface area contributed by atoms with E-state index in [0.29, 0.717) is 58.3 Å². The van der Waals surface area contributed by atoms with Crippen LogP contribution in [-0.2, 0) is 21.1 Å². The number of alkyl halides is 3. The molecule has 4 heterocycles. The van der Waals surface area contributed by atoms with E-state index in [-0.39, 0.29) is 11.8 Å². The van der Waals surface area contributed by atoms with Gasteiger partial charge in [0.15, 0.2) is 0 Å². The Morgan fingerprint density at radius 1 is 1.00 bits per heavy atom. The van der Waals surface area contributed by atoms with Crippen LogP contribution in [0, 0.1) is 11.8 Å². The van der Waals surface area contributed by atoms with Crippen molar-refractivity contribution in [2.45, 2.75) is 6.18 Å². The summed E-state index contributed by atoms with van der Waals surface area (Å²) < 4.78 is 71.7. The van der Waals surface area contributed by atoms with Crippen molar-refractivity contribution in [1.82, 2.24) is 13.6 Å². The van der Waals surface area contributed by atoms with Crippen LogP contribution in [0.1, 0.15) is 5.56 Å². The lowest BCUT2D eigenvalue weighted by Gasteiger charge is -2.31. The molecule has 0 aliphatic carbocycles. The van der Waals surface area contributed by atoms with Crippen molar-refractivity contribution in [3.8, 4) is 0 Å². The molecule has 0 spiro atoms. The minimum absolute atomic E-state index is 0.157. The number of rotatable bonds is 3. The van der Waals surface area contributed by atoms with E-state index in [1.807, 2.05) is 4.90 Å². The predicted octanol–water partition coefficient (Wildman–Crippen LogP) is 1.05. The molecule has 1 aromatic heterocycles. The third kappa shape index (κ3) is 3.65. The Bertz CT molecular complexity index is 767. The number of anilines is 1. The molecule has 4 rings (SSSR count). The fourth-order valence-electron chi connectivity index (χ4n) is 4.01. The molecule has 11 heteroatoms. The van der Waals surface area contributed by atoms with Gasteiger partial charge in [0.25, 0.3) is 10.2 Å². The van der Waals surface area contributed by atoms with Gasteiger partial charge in [0, 0.05) is 45.5 Å². The zero-order valence-corrected chi connectivity index (χ0v) is 15.4. The Kier molecular flexibility index (Phi) is 4.81. The van der Waals surface area contributed by atoms with Gasteiger partial charge in [-0.15, -0.1) is 0 Å². The largest absolute Gasteiger partial charge is 0.417 e. The lowest BCUT2D eigenvalue weighted by atomic mass is 10.0. The number of hydrogen-bond acceptors (Lipinski definition) is 5. The lowest BCUT2D eigenvalue weighted by Crippen LogP contribution is -2.48. The highest BCUT2D eigenvalue weighted by atomic mass is 32.2. The highest BCUT2D eigenvalue weighted by Gasteiger charge is 2.46. The average molecular weight is 406 g/mol. The van der Waals surface area contributed by atoms with Gasteiger partial charge in [0.05, 0.1) is 18.8 Å². The van der Waals surface area contributed by atoms with E-state index in [2.05, 4.69) is 4.98 Å². The second kappa shape index (κ2) is 6.87. The Labute approximate surface area is 155 Å². The summed E-state index contributed by atoms with van der Waals surface area (Å²) in [4.78, 5) is 5.89. The number of ether oxygens (including phenoxy) is 1. The number of nitrogens with zero attached hydrogens (tertiary/aromatic N) is 4. The first-order valence-corrected chi connectivity index (χ1v) is 10.3. The maximum absolute atomic E-state index is 12.8. The van der Waals surface area contributed by atoms with Crippen molar-refractivity contribution >= 4 is 16.0 Å². The van der Waals surface area contributed by atoms with E-state index >= 15 is 0 Å². The monoisotopic (exact) mass is 406 g/mol. The van der Waals surface area contributed by atoms with Crippen molar-refractivity contribution in [1.29, 1.82) is 0 Å². The molecule has 150 valence electrons. The van der Waals surface area contributed by atoms with Crippen LogP contribution in [0.2, 0.25) is 0 Å². The minimum atomic E-state index is -4.40. The smallest absolute Gasteiger partial charge is 0.379 e. The van der Waals surface area contributed by atoms with Gasteiger partial charge in [-0.05, 0) is 24.0 Å². The van der Waals surface area contributed by atoms with Gasteiger partial charge in [0.1, 0.15) is 5.82 Å². The van der Waals surface area contributed by atoms with Gasteiger partial charge in [-0.1, -0.05) is 0 Å².